The smallest absolute Gasteiger partial charge is 0.411 e. The summed E-state index contributed by atoms with van der Waals surface area (Å²) in [5.74, 6) is -1.18. The zero-order chi connectivity index (χ0) is 12.8. The number of aromatic nitrogens is 1. The van der Waals surface area contributed by atoms with Crippen molar-refractivity contribution in [2.24, 2.45) is 0 Å². The molecule has 0 aliphatic heterocycles. The van der Waals surface area contributed by atoms with E-state index in [4.69, 9.17) is 9.84 Å². The van der Waals surface area contributed by atoms with Gasteiger partial charge in [-0.15, -0.1) is 0 Å². The second-order valence-electron chi connectivity index (χ2n) is 2.87. The second kappa shape index (κ2) is 6.00. The Labute approximate surface area is 105 Å². The Kier molecular flexibility index (Phi) is 4.65. The molecule has 90 valence electrons. The molecular weight excluding hydrogens is 292 g/mol. The number of nitrogens with zero attached hydrogens (tertiary/aromatic N) is 1. The first-order chi connectivity index (χ1) is 8.04. The molecule has 1 aromatic rings. The lowest BCUT2D eigenvalue weighted by molar-refractivity contribution is 0.0690. The van der Waals surface area contributed by atoms with Crippen LogP contribution in [0.4, 0.5) is 10.5 Å². The van der Waals surface area contributed by atoms with Gasteiger partial charge in [-0.1, -0.05) is 12.7 Å². The molecule has 0 saturated heterocycles. The van der Waals surface area contributed by atoms with Crippen molar-refractivity contribution < 1.29 is 19.4 Å². The maximum absolute atomic E-state index is 11.2. The summed E-state index contributed by atoms with van der Waals surface area (Å²) >= 11 is 3.13. The zero-order valence-electron chi connectivity index (χ0n) is 8.64. The maximum atomic E-state index is 11.2. The molecule has 2 N–H and O–H groups in total. The molecule has 0 aliphatic rings. The van der Waals surface area contributed by atoms with Crippen molar-refractivity contribution in [2.75, 3.05) is 11.9 Å². The minimum Gasteiger partial charge on any atom is -0.477 e. The summed E-state index contributed by atoms with van der Waals surface area (Å²) in [5.41, 5.74) is 0.0960. The molecule has 0 fully saturated rings. The van der Waals surface area contributed by atoms with Gasteiger partial charge in [0.1, 0.15) is 12.3 Å². The number of anilines is 1. The summed E-state index contributed by atoms with van der Waals surface area (Å²) in [7, 11) is 0. The zero-order valence-corrected chi connectivity index (χ0v) is 10.2. The minimum atomic E-state index is -1.18. The molecule has 1 aromatic heterocycles. The van der Waals surface area contributed by atoms with Crippen molar-refractivity contribution in [3.63, 3.8) is 0 Å². The van der Waals surface area contributed by atoms with Gasteiger partial charge in [-0.2, -0.15) is 0 Å². The van der Waals surface area contributed by atoms with E-state index in [0.717, 1.165) is 0 Å². The van der Waals surface area contributed by atoms with Crippen LogP contribution in [0.3, 0.4) is 0 Å². The molecule has 0 bridgehead atoms. The molecule has 0 spiro atoms. The third kappa shape index (κ3) is 3.87. The summed E-state index contributed by atoms with van der Waals surface area (Å²) < 4.78 is 5.15. The summed E-state index contributed by atoms with van der Waals surface area (Å²) in [6, 6.07) is 1.22. The van der Waals surface area contributed by atoms with Gasteiger partial charge in [-0.05, 0) is 22.0 Å². The van der Waals surface area contributed by atoms with Crippen molar-refractivity contribution in [3.05, 3.63) is 35.1 Å². The summed E-state index contributed by atoms with van der Waals surface area (Å²) in [5, 5.41) is 11.1. The average Bonchev–Trinajstić information content (AvgIpc) is 2.29. The number of amides is 1. The van der Waals surface area contributed by atoms with E-state index < -0.39 is 12.1 Å². The molecule has 1 amide bonds. The number of carboxylic acid groups (broad SMARTS) is 1. The van der Waals surface area contributed by atoms with Crippen molar-refractivity contribution in [1.82, 2.24) is 4.98 Å². The van der Waals surface area contributed by atoms with Gasteiger partial charge in [0.15, 0.2) is 0 Å². The van der Waals surface area contributed by atoms with E-state index in [-0.39, 0.29) is 18.0 Å². The van der Waals surface area contributed by atoms with Crippen LogP contribution in [0, 0.1) is 0 Å². The Balaban J connectivity index is 2.82. The average molecular weight is 301 g/mol. The number of ether oxygens (including phenoxy) is 1. The van der Waals surface area contributed by atoms with Crippen LogP contribution in [0.5, 0.6) is 0 Å². The van der Waals surface area contributed by atoms with E-state index >= 15 is 0 Å². The van der Waals surface area contributed by atoms with E-state index in [9.17, 15) is 9.59 Å². The predicted octanol–water partition coefficient (Wildman–Crippen LogP) is 2.28. The van der Waals surface area contributed by atoms with E-state index in [2.05, 4.69) is 32.8 Å². The highest BCUT2D eigenvalue weighted by molar-refractivity contribution is 9.10. The highest BCUT2D eigenvalue weighted by Gasteiger charge is 2.11. The monoisotopic (exact) mass is 300 g/mol. The first-order valence-electron chi connectivity index (χ1n) is 4.48. The first-order valence-corrected chi connectivity index (χ1v) is 5.27. The Morgan fingerprint density at radius 1 is 1.65 bits per heavy atom. The van der Waals surface area contributed by atoms with Crippen LogP contribution >= 0.6 is 15.9 Å². The van der Waals surface area contributed by atoms with Crippen LogP contribution in [-0.2, 0) is 4.74 Å². The molecule has 1 rings (SSSR count). The highest BCUT2D eigenvalue weighted by atomic mass is 79.9. The second-order valence-corrected chi connectivity index (χ2v) is 3.72. The molecule has 7 heteroatoms. The van der Waals surface area contributed by atoms with Crippen molar-refractivity contribution in [2.45, 2.75) is 0 Å². The number of rotatable bonds is 4. The lowest BCUT2D eigenvalue weighted by Crippen LogP contribution is -2.14. The van der Waals surface area contributed by atoms with E-state index in [0.29, 0.717) is 4.47 Å². The van der Waals surface area contributed by atoms with Gasteiger partial charge in [0.05, 0.1) is 10.2 Å². The van der Waals surface area contributed by atoms with Gasteiger partial charge >= 0.3 is 12.1 Å². The highest BCUT2D eigenvalue weighted by Crippen LogP contribution is 2.22. The van der Waals surface area contributed by atoms with Crippen LogP contribution in [0.15, 0.2) is 29.4 Å². The Hall–Kier alpha value is -1.89. The number of carboxylic acids is 1. The van der Waals surface area contributed by atoms with Crippen LogP contribution in [-0.4, -0.2) is 28.8 Å². The van der Waals surface area contributed by atoms with E-state index in [1.165, 1.54) is 18.3 Å². The largest absolute Gasteiger partial charge is 0.477 e. The molecule has 0 atom stereocenters. The van der Waals surface area contributed by atoms with Gasteiger partial charge in [0.2, 0.25) is 0 Å². The summed E-state index contributed by atoms with van der Waals surface area (Å²) in [6.45, 7) is 3.46. The minimum absolute atomic E-state index is 0.0698. The topological polar surface area (TPSA) is 88.5 Å². The first kappa shape index (κ1) is 13.2. The predicted molar refractivity (Wildman–Crippen MR) is 64.1 cm³/mol. The van der Waals surface area contributed by atoms with Crippen molar-refractivity contribution >= 4 is 33.7 Å². The van der Waals surface area contributed by atoms with Gasteiger partial charge in [-0.3, -0.25) is 5.32 Å². The number of aromatic carboxylic acids is 1. The summed E-state index contributed by atoms with van der Waals surface area (Å²) in [6.07, 6.45) is 2.00. The Bertz CT molecular complexity index is 462. The van der Waals surface area contributed by atoms with Gasteiger partial charge in [0, 0.05) is 6.20 Å². The molecule has 1 heterocycles. The lowest BCUT2D eigenvalue weighted by Gasteiger charge is -2.07. The molecule has 0 aromatic carbocycles. The molecule has 0 aliphatic carbocycles. The number of carbonyl (C=O) groups is 2. The number of carbonyl (C=O) groups excluding carboxylic acids is 1. The molecule has 0 saturated carbocycles. The number of halogens is 1. The number of pyridine rings is 1. The number of nitrogens with one attached hydrogen (secondary N) is 1. The molecular formula is C10H9BrN2O4. The summed E-state index contributed by atoms with van der Waals surface area (Å²) in [4.78, 5) is 25.6. The molecule has 6 nitrogen and oxygen atoms in total. The fourth-order valence-electron chi connectivity index (χ4n) is 0.932. The van der Waals surface area contributed by atoms with Crippen LogP contribution in [0.2, 0.25) is 0 Å². The SMILES string of the molecule is C=CCOC(=O)Nc1cc(C(=O)O)ncc1Br. The van der Waals surface area contributed by atoms with Gasteiger partial charge in [-0.25, -0.2) is 14.6 Å². The quantitative estimate of drug-likeness (QED) is 0.833. The normalized spacial score (nSPS) is 9.47. The van der Waals surface area contributed by atoms with Gasteiger partial charge in [0.25, 0.3) is 0 Å². The fraction of sp³-hybridized carbons (Fsp3) is 0.100. The maximum Gasteiger partial charge on any atom is 0.411 e. The Morgan fingerprint density at radius 2 is 2.35 bits per heavy atom. The third-order valence-electron chi connectivity index (χ3n) is 1.64. The van der Waals surface area contributed by atoms with E-state index in [1.807, 2.05) is 0 Å². The molecule has 0 radical (unpaired) electrons. The third-order valence-corrected chi connectivity index (χ3v) is 2.28. The van der Waals surface area contributed by atoms with Crippen molar-refractivity contribution in [3.8, 4) is 0 Å². The lowest BCUT2D eigenvalue weighted by atomic mass is 10.3. The standard InChI is InChI=1S/C10H9BrN2O4/c1-2-3-17-10(16)13-7-4-8(9(14)15)12-5-6(7)11/h2,4-5H,1,3H2,(H,14,15)(H,12,13,16). The fourth-order valence-corrected chi connectivity index (χ4v) is 1.25. The van der Waals surface area contributed by atoms with Crippen LogP contribution in [0.1, 0.15) is 10.5 Å². The van der Waals surface area contributed by atoms with Crippen LogP contribution < -0.4 is 5.32 Å². The number of hydrogen-bond acceptors (Lipinski definition) is 4. The van der Waals surface area contributed by atoms with Crippen LogP contribution in [0.25, 0.3) is 0 Å². The van der Waals surface area contributed by atoms with E-state index in [1.54, 1.807) is 0 Å². The number of hydrogen-bond donors (Lipinski definition) is 2. The van der Waals surface area contributed by atoms with Gasteiger partial charge < -0.3 is 9.84 Å². The van der Waals surface area contributed by atoms with Crippen molar-refractivity contribution in [1.29, 1.82) is 0 Å². The Morgan fingerprint density at radius 3 is 2.94 bits per heavy atom. The molecule has 17 heavy (non-hydrogen) atoms. The molecule has 0 unspecified atom stereocenters.